The number of hydrogen-bond acceptors (Lipinski definition) is 2. The predicted molar refractivity (Wildman–Crippen MR) is 117 cm³/mol. The zero-order valence-corrected chi connectivity index (χ0v) is 18.4. The summed E-state index contributed by atoms with van der Waals surface area (Å²) < 4.78 is 0. The molecule has 0 saturated carbocycles. The Kier molecular flexibility index (Phi) is 14.8. The van der Waals surface area contributed by atoms with E-state index in [1.54, 1.807) is 0 Å². The summed E-state index contributed by atoms with van der Waals surface area (Å²) in [4.78, 5) is 5.07. The largest absolute Gasteiger partial charge is 0.356 e. The first kappa shape index (κ1) is 23.4. The summed E-state index contributed by atoms with van der Waals surface area (Å²) in [6.07, 6.45) is 28.0. The predicted octanol–water partition coefficient (Wildman–Crippen LogP) is 7.70. The van der Waals surface area contributed by atoms with E-state index >= 15 is 0 Å². The fourth-order valence-corrected chi connectivity index (χ4v) is 4.18. The molecule has 0 spiro atoms. The molecular weight excluding hydrogens is 316 g/mol. The molecule has 26 heavy (non-hydrogen) atoms. The number of nitrogens with zero attached hydrogens (tertiary/aromatic N) is 2. The Morgan fingerprint density at radius 2 is 1.00 bits per heavy atom. The van der Waals surface area contributed by atoms with Crippen molar-refractivity contribution in [3.05, 3.63) is 12.4 Å². The molecule has 1 aliphatic heterocycles. The maximum Gasteiger partial charge on any atom is 0.101 e. The van der Waals surface area contributed by atoms with E-state index in [0.29, 0.717) is 6.17 Å². The average Bonchev–Trinajstić information content (AvgIpc) is 3.04. The van der Waals surface area contributed by atoms with Crippen molar-refractivity contribution in [3.63, 3.8) is 0 Å². The summed E-state index contributed by atoms with van der Waals surface area (Å²) >= 11 is 0. The highest BCUT2D eigenvalue weighted by Crippen LogP contribution is 2.21. The summed E-state index contributed by atoms with van der Waals surface area (Å²) in [5, 5.41) is 0. The van der Waals surface area contributed by atoms with Gasteiger partial charge in [-0.1, -0.05) is 104 Å². The summed E-state index contributed by atoms with van der Waals surface area (Å²) in [7, 11) is 0. The molecule has 1 atom stereocenters. The SMILES string of the molecule is CCCCCCCCCCCCCCCCN1C=CN(CC)C1CCC. The van der Waals surface area contributed by atoms with Crippen LogP contribution in [0.1, 0.15) is 124 Å². The lowest BCUT2D eigenvalue weighted by molar-refractivity contribution is 0.145. The molecule has 154 valence electrons. The summed E-state index contributed by atoms with van der Waals surface area (Å²) in [5.41, 5.74) is 0. The monoisotopic (exact) mass is 364 g/mol. The van der Waals surface area contributed by atoms with Gasteiger partial charge in [-0.2, -0.15) is 0 Å². The number of unbranched alkanes of at least 4 members (excludes halogenated alkanes) is 13. The third-order valence-corrected chi connectivity index (χ3v) is 5.90. The van der Waals surface area contributed by atoms with Gasteiger partial charge in [0.1, 0.15) is 6.17 Å². The van der Waals surface area contributed by atoms with Gasteiger partial charge < -0.3 is 9.80 Å². The van der Waals surface area contributed by atoms with Gasteiger partial charge in [-0.3, -0.25) is 0 Å². The van der Waals surface area contributed by atoms with E-state index in [9.17, 15) is 0 Å². The van der Waals surface area contributed by atoms with Crippen LogP contribution in [0, 0.1) is 0 Å². The van der Waals surface area contributed by atoms with Gasteiger partial charge in [0.25, 0.3) is 0 Å². The summed E-state index contributed by atoms with van der Waals surface area (Å²) in [6.45, 7) is 9.25. The lowest BCUT2D eigenvalue weighted by atomic mass is 10.0. The molecule has 0 aromatic heterocycles. The molecular formula is C24H48N2. The highest BCUT2D eigenvalue weighted by molar-refractivity contribution is 4.96. The van der Waals surface area contributed by atoms with Crippen LogP contribution in [0.5, 0.6) is 0 Å². The second kappa shape index (κ2) is 16.5. The zero-order chi connectivity index (χ0) is 18.9. The Bertz CT molecular complexity index is 326. The zero-order valence-electron chi connectivity index (χ0n) is 18.4. The molecule has 0 radical (unpaired) electrons. The molecule has 2 heteroatoms. The molecule has 1 unspecified atom stereocenters. The maximum atomic E-state index is 2.58. The van der Waals surface area contributed by atoms with Gasteiger partial charge in [-0.25, -0.2) is 0 Å². The second-order valence-corrected chi connectivity index (χ2v) is 8.23. The molecule has 2 nitrogen and oxygen atoms in total. The van der Waals surface area contributed by atoms with E-state index in [0.717, 1.165) is 6.54 Å². The smallest absolute Gasteiger partial charge is 0.101 e. The Labute approximate surface area is 165 Å². The molecule has 0 saturated heterocycles. The van der Waals surface area contributed by atoms with Gasteiger partial charge in [-0.15, -0.1) is 0 Å². The lowest BCUT2D eigenvalue weighted by Crippen LogP contribution is -2.38. The van der Waals surface area contributed by atoms with Crippen LogP contribution in [0.3, 0.4) is 0 Å². The molecule has 1 rings (SSSR count). The van der Waals surface area contributed by atoms with E-state index in [1.807, 2.05) is 0 Å². The van der Waals surface area contributed by atoms with E-state index < -0.39 is 0 Å². The standard InChI is InChI=1S/C24H48N2/c1-4-7-8-9-10-11-12-13-14-15-16-17-18-19-21-26-23-22-25(6-3)24(26)20-5-2/h22-24H,4-21H2,1-3H3. The third kappa shape index (κ3) is 10.5. The fourth-order valence-electron chi connectivity index (χ4n) is 4.18. The van der Waals surface area contributed by atoms with Crippen LogP contribution in [0.4, 0.5) is 0 Å². The van der Waals surface area contributed by atoms with Crippen molar-refractivity contribution in [2.75, 3.05) is 13.1 Å². The van der Waals surface area contributed by atoms with E-state index in [-0.39, 0.29) is 0 Å². The molecule has 0 bridgehead atoms. The fraction of sp³-hybridized carbons (Fsp3) is 0.917. The molecule has 1 aliphatic rings. The van der Waals surface area contributed by atoms with Crippen molar-refractivity contribution in [2.45, 2.75) is 130 Å². The van der Waals surface area contributed by atoms with Crippen molar-refractivity contribution in [1.82, 2.24) is 9.80 Å². The van der Waals surface area contributed by atoms with Crippen molar-refractivity contribution in [1.29, 1.82) is 0 Å². The van der Waals surface area contributed by atoms with Crippen LogP contribution in [0.25, 0.3) is 0 Å². The second-order valence-electron chi connectivity index (χ2n) is 8.23. The minimum Gasteiger partial charge on any atom is -0.356 e. The van der Waals surface area contributed by atoms with Gasteiger partial charge in [0.2, 0.25) is 0 Å². The Hall–Kier alpha value is -0.660. The van der Waals surface area contributed by atoms with Crippen LogP contribution in [0.15, 0.2) is 12.4 Å². The van der Waals surface area contributed by atoms with E-state index in [2.05, 4.69) is 43.0 Å². The topological polar surface area (TPSA) is 6.48 Å². The molecule has 0 N–H and O–H groups in total. The molecule has 0 fully saturated rings. The summed E-state index contributed by atoms with van der Waals surface area (Å²) in [5.74, 6) is 0. The van der Waals surface area contributed by atoms with Crippen molar-refractivity contribution in [2.24, 2.45) is 0 Å². The van der Waals surface area contributed by atoms with Gasteiger partial charge in [0.05, 0.1) is 0 Å². The van der Waals surface area contributed by atoms with Gasteiger partial charge in [0, 0.05) is 25.5 Å². The first-order valence-corrected chi connectivity index (χ1v) is 12.0. The van der Waals surface area contributed by atoms with Crippen LogP contribution in [0.2, 0.25) is 0 Å². The van der Waals surface area contributed by atoms with Crippen LogP contribution in [-0.2, 0) is 0 Å². The molecule has 0 aromatic carbocycles. The highest BCUT2D eigenvalue weighted by Gasteiger charge is 2.23. The van der Waals surface area contributed by atoms with Crippen LogP contribution >= 0.6 is 0 Å². The van der Waals surface area contributed by atoms with Gasteiger partial charge in [0.15, 0.2) is 0 Å². The average molecular weight is 365 g/mol. The molecule has 0 aromatic rings. The van der Waals surface area contributed by atoms with Gasteiger partial charge >= 0.3 is 0 Å². The Balaban J connectivity index is 1.87. The molecule has 0 amide bonds. The quantitative estimate of drug-likeness (QED) is 0.230. The van der Waals surface area contributed by atoms with E-state index in [4.69, 9.17) is 0 Å². The number of rotatable bonds is 18. The first-order chi connectivity index (χ1) is 12.8. The van der Waals surface area contributed by atoms with Crippen molar-refractivity contribution >= 4 is 0 Å². The minimum absolute atomic E-state index is 0.631. The van der Waals surface area contributed by atoms with Gasteiger partial charge in [-0.05, 0) is 19.8 Å². The lowest BCUT2D eigenvalue weighted by Gasteiger charge is -2.32. The van der Waals surface area contributed by atoms with Crippen molar-refractivity contribution < 1.29 is 0 Å². The van der Waals surface area contributed by atoms with Crippen molar-refractivity contribution in [3.8, 4) is 0 Å². The Morgan fingerprint density at radius 3 is 1.46 bits per heavy atom. The molecule has 1 heterocycles. The highest BCUT2D eigenvalue weighted by atomic mass is 15.4. The maximum absolute atomic E-state index is 2.58. The first-order valence-electron chi connectivity index (χ1n) is 12.0. The molecule has 0 aliphatic carbocycles. The van der Waals surface area contributed by atoms with Crippen LogP contribution in [-0.4, -0.2) is 29.1 Å². The minimum atomic E-state index is 0.631. The van der Waals surface area contributed by atoms with E-state index in [1.165, 1.54) is 109 Å². The van der Waals surface area contributed by atoms with Crippen LogP contribution < -0.4 is 0 Å². The third-order valence-electron chi connectivity index (χ3n) is 5.90. The Morgan fingerprint density at radius 1 is 0.538 bits per heavy atom. The summed E-state index contributed by atoms with van der Waals surface area (Å²) in [6, 6.07) is 0. The normalized spacial score (nSPS) is 16.8. The number of hydrogen-bond donors (Lipinski definition) is 0.